The summed E-state index contributed by atoms with van der Waals surface area (Å²) in [5.41, 5.74) is 5.79. The van der Waals surface area contributed by atoms with Crippen molar-refractivity contribution in [1.29, 1.82) is 0 Å². The first-order chi connectivity index (χ1) is 9.43. The third kappa shape index (κ3) is 5.36. The average molecular weight is 298 g/mol. The second-order valence-corrected chi connectivity index (χ2v) is 6.46. The number of nitrogens with zero attached hydrogens (tertiary/aromatic N) is 1. The van der Waals surface area contributed by atoms with Crippen molar-refractivity contribution in [3.63, 3.8) is 0 Å². The van der Waals surface area contributed by atoms with Gasteiger partial charge in [0, 0.05) is 12.6 Å². The molecule has 1 atom stereocenters. The summed E-state index contributed by atoms with van der Waals surface area (Å²) in [5, 5.41) is 6.76. The minimum absolute atomic E-state index is 0.124. The lowest BCUT2D eigenvalue weighted by atomic mass is 10.0. The van der Waals surface area contributed by atoms with Crippen molar-refractivity contribution in [1.82, 2.24) is 10.3 Å². The highest BCUT2D eigenvalue weighted by Crippen LogP contribution is 2.24. The Morgan fingerprint density at radius 2 is 2.05 bits per heavy atom. The first-order valence-corrected chi connectivity index (χ1v) is 8.06. The van der Waals surface area contributed by atoms with Gasteiger partial charge in [0.25, 0.3) is 5.91 Å². The number of nitrogen functional groups attached to an aromatic ring is 1. The fraction of sp³-hybridized carbons (Fsp3) is 0.714. The van der Waals surface area contributed by atoms with Crippen molar-refractivity contribution in [2.75, 3.05) is 17.6 Å². The predicted molar refractivity (Wildman–Crippen MR) is 86.3 cm³/mol. The number of hydrogen-bond donors (Lipinski definition) is 3. The second kappa shape index (κ2) is 8.09. The smallest absolute Gasteiger partial charge is 0.265 e. The summed E-state index contributed by atoms with van der Waals surface area (Å²) in [6.07, 6.45) is 3.30. The average Bonchev–Trinajstić information content (AvgIpc) is 2.70. The van der Waals surface area contributed by atoms with Crippen molar-refractivity contribution in [2.45, 2.75) is 53.0 Å². The van der Waals surface area contributed by atoms with E-state index in [1.54, 1.807) is 0 Å². The van der Waals surface area contributed by atoms with Crippen LogP contribution in [-0.4, -0.2) is 23.5 Å². The van der Waals surface area contributed by atoms with Crippen LogP contribution in [-0.2, 0) is 0 Å². The van der Waals surface area contributed by atoms with Crippen molar-refractivity contribution in [3.05, 3.63) is 4.88 Å². The molecule has 5 nitrogen and oxygen atoms in total. The number of amides is 1. The molecule has 114 valence electrons. The molecule has 20 heavy (non-hydrogen) atoms. The van der Waals surface area contributed by atoms with Gasteiger partial charge in [0.05, 0.1) is 0 Å². The predicted octanol–water partition coefficient (Wildman–Crippen LogP) is 3.10. The fourth-order valence-corrected chi connectivity index (χ4v) is 2.77. The highest BCUT2D eigenvalue weighted by Gasteiger charge is 2.17. The molecule has 1 aromatic heterocycles. The second-order valence-electron chi connectivity index (χ2n) is 5.46. The van der Waals surface area contributed by atoms with Gasteiger partial charge < -0.3 is 16.4 Å². The minimum Gasteiger partial charge on any atom is -0.382 e. The van der Waals surface area contributed by atoms with E-state index in [4.69, 9.17) is 5.73 Å². The number of nitrogens with two attached hydrogens (primary N) is 1. The molecule has 0 spiro atoms. The van der Waals surface area contributed by atoms with Gasteiger partial charge in [0.15, 0.2) is 5.13 Å². The van der Waals surface area contributed by atoms with Gasteiger partial charge in [0.1, 0.15) is 10.7 Å². The standard InChI is InChI=1S/C14H26N4OS/c1-5-16-14-18-12(15)11(20-14)13(19)17-10(4)8-6-7-9(2)3/h9-10H,5-8,15H2,1-4H3,(H,16,18)(H,17,19). The van der Waals surface area contributed by atoms with Crippen LogP contribution in [0.3, 0.4) is 0 Å². The maximum absolute atomic E-state index is 12.1. The zero-order valence-corrected chi connectivity index (χ0v) is 13.6. The van der Waals surface area contributed by atoms with Crippen LogP contribution < -0.4 is 16.4 Å². The van der Waals surface area contributed by atoms with Crippen LogP contribution >= 0.6 is 11.3 Å². The van der Waals surface area contributed by atoms with E-state index in [-0.39, 0.29) is 11.9 Å². The zero-order valence-electron chi connectivity index (χ0n) is 12.8. The van der Waals surface area contributed by atoms with Crippen LogP contribution in [0.25, 0.3) is 0 Å². The van der Waals surface area contributed by atoms with E-state index in [0.717, 1.165) is 19.4 Å². The number of nitrogens with one attached hydrogen (secondary N) is 2. The summed E-state index contributed by atoms with van der Waals surface area (Å²) >= 11 is 1.30. The van der Waals surface area contributed by atoms with Gasteiger partial charge in [0.2, 0.25) is 0 Å². The minimum atomic E-state index is -0.124. The van der Waals surface area contributed by atoms with Crippen molar-refractivity contribution in [2.24, 2.45) is 5.92 Å². The summed E-state index contributed by atoms with van der Waals surface area (Å²) < 4.78 is 0. The zero-order chi connectivity index (χ0) is 15.1. The summed E-state index contributed by atoms with van der Waals surface area (Å²) in [6.45, 7) is 9.20. The molecule has 0 bridgehead atoms. The summed E-state index contributed by atoms with van der Waals surface area (Å²) in [7, 11) is 0. The Hall–Kier alpha value is -1.30. The quantitative estimate of drug-likeness (QED) is 0.689. The Morgan fingerprint density at radius 3 is 2.65 bits per heavy atom. The third-order valence-electron chi connectivity index (χ3n) is 2.98. The van der Waals surface area contributed by atoms with E-state index in [0.29, 0.717) is 21.7 Å². The lowest BCUT2D eigenvalue weighted by Crippen LogP contribution is -2.32. The van der Waals surface area contributed by atoms with Gasteiger partial charge in [-0.15, -0.1) is 0 Å². The monoisotopic (exact) mass is 298 g/mol. The number of aromatic nitrogens is 1. The first kappa shape index (κ1) is 16.8. The summed E-state index contributed by atoms with van der Waals surface area (Å²) in [5.74, 6) is 0.886. The Balaban J connectivity index is 2.49. The molecule has 4 N–H and O–H groups in total. The van der Waals surface area contributed by atoms with Crippen molar-refractivity contribution >= 4 is 28.2 Å². The van der Waals surface area contributed by atoms with E-state index in [1.165, 1.54) is 17.8 Å². The van der Waals surface area contributed by atoms with Crippen LogP contribution in [0.2, 0.25) is 0 Å². The van der Waals surface area contributed by atoms with Crippen LogP contribution in [0.4, 0.5) is 10.9 Å². The Morgan fingerprint density at radius 1 is 1.35 bits per heavy atom. The molecular weight excluding hydrogens is 272 g/mol. The number of carbonyl (C=O) groups is 1. The van der Waals surface area contributed by atoms with E-state index in [9.17, 15) is 4.79 Å². The number of carbonyl (C=O) groups excluding carboxylic acids is 1. The van der Waals surface area contributed by atoms with Crippen LogP contribution in [0.1, 0.15) is 56.6 Å². The lowest BCUT2D eigenvalue weighted by molar-refractivity contribution is 0.0942. The highest BCUT2D eigenvalue weighted by atomic mass is 32.1. The number of thiazole rings is 1. The van der Waals surface area contributed by atoms with Gasteiger partial charge in [-0.05, 0) is 26.2 Å². The Labute approximate surface area is 125 Å². The molecule has 1 unspecified atom stereocenters. The molecule has 0 aromatic carbocycles. The number of anilines is 2. The van der Waals surface area contributed by atoms with Crippen LogP contribution in [0, 0.1) is 5.92 Å². The maximum Gasteiger partial charge on any atom is 0.265 e. The first-order valence-electron chi connectivity index (χ1n) is 7.25. The van der Waals surface area contributed by atoms with Crippen molar-refractivity contribution < 1.29 is 4.79 Å². The van der Waals surface area contributed by atoms with E-state index >= 15 is 0 Å². The molecule has 1 aromatic rings. The van der Waals surface area contributed by atoms with Crippen molar-refractivity contribution in [3.8, 4) is 0 Å². The van der Waals surface area contributed by atoms with E-state index in [2.05, 4.69) is 29.5 Å². The molecule has 0 saturated carbocycles. The van der Waals surface area contributed by atoms with E-state index < -0.39 is 0 Å². The largest absolute Gasteiger partial charge is 0.382 e. The molecule has 0 aliphatic carbocycles. The van der Waals surface area contributed by atoms with Gasteiger partial charge in [-0.25, -0.2) is 4.98 Å². The van der Waals surface area contributed by atoms with Crippen LogP contribution in [0.15, 0.2) is 0 Å². The van der Waals surface area contributed by atoms with Gasteiger partial charge in [-0.3, -0.25) is 4.79 Å². The van der Waals surface area contributed by atoms with Gasteiger partial charge in [-0.2, -0.15) is 0 Å². The number of hydrogen-bond acceptors (Lipinski definition) is 5. The SMILES string of the molecule is CCNc1nc(N)c(C(=O)NC(C)CCCC(C)C)s1. The topological polar surface area (TPSA) is 80.0 Å². The molecule has 0 radical (unpaired) electrons. The lowest BCUT2D eigenvalue weighted by Gasteiger charge is -2.13. The Bertz CT molecular complexity index is 431. The Kier molecular flexibility index (Phi) is 6.78. The van der Waals surface area contributed by atoms with Gasteiger partial charge in [-0.1, -0.05) is 38.0 Å². The molecule has 1 rings (SSSR count). The molecule has 0 aliphatic heterocycles. The molecular formula is C14H26N4OS. The number of rotatable bonds is 8. The third-order valence-corrected chi connectivity index (χ3v) is 4.01. The summed E-state index contributed by atoms with van der Waals surface area (Å²) in [4.78, 5) is 16.8. The molecule has 1 heterocycles. The molecule has 0 saturated heterocycles. The normalized spacial score (nSPS) is 12.4. The van der Waals surface area contributed by atoms with E-state index in [1.807, 2.05) is 13.8 Å². The molecule has 0 aliphatic rings. The molecule has 0 fully saturated rings. The molecule has 6 heteroatoms. The van der Waals surface area contributed by atoms with Gasteiger partial charge >= 0.3 is 0 Å². The fourth-order valence-electron chi connectivity index (χ4n) is 1.92. The maximum atomic E-state index is 12.1. The highest BCUT2D eigenvalue weighted by molar-refractivity contribution is 7.18. The van der Waals surface area contributed by atoms with Crippen LogP contribution in [0.5, 0.6) is 0 Å². The molecule has 1 amide bonds. The summed E-state index contributed by atoms with van der Waals surface area (Å²) in [6, 6.07) is 0.158.